The van der Waals surface area contributed by atoms with E-state index in [1.54, 1.807) is 13.1 Å². The first-order chi connectivity index (χ1) is 16.9. The number of halogens is 1. The summed E-state index contributed by atoms with van der Waals surface area (Å²) in [5, 5.41) is 0.159. The number of hydrogen-bond donors (Lipinski definition) is 0. The van der Waals surface area contributed by atoms with E-state index in [9.17, 15) is 9.59 Å². The van der Waals surface area contributed by atoms with E-state index >= 15 is 0 Å². The molecular formula is C25H34ClN5O4. The number of nitrogens with zero attached hydrogens (tertiary/aromatic N) is 5. The van der Waals surface area contributed by atoms with E-state index in [0.717, 1.165) is 55.8 Å². The van der Waals surface area contributed by atoms with Crippen molar-refractivity contribution in [2.24, 2.45) is 11.8 Å². The van der Waals surface area contributed by atoms with Gasteiger partial charge in [0.25, 0.3) is 0 Å². The molecule has 0 radical (unpaired) electrons. The number of rotatable bonds is 9. The van der Waals surface area contributed by atoms with Crippen LogP contribution in [0, 0.1) is 11.8 Å². The second-order valence-electron chi connectivity index (χ2n) is 8.63. The number of aryl methyl sites for hydroxylation is 2. The average molecular weight is 504 g/mol. The van der Waals surface area contributed by atoms with E-state index in [2.05, 4.69) is 31.8 Å². The number of ether oxygens (including phenoxy) is 2. The van der Waals surface area contributed by atoms with E-state index in [1.165, 1.54) is 12.6 Å². The first-order valence-corrected chi connectivity index (χ1v) is 12.8. The minimum absolute atomic E-state index is 0.159. The maximum atomic E-state index is 11.9. The van der Waals surface area contributed by atoms with Gasteiger partial charge in [-0.05, 0) is 56.5 Å². The Morgan fingerprint density at radius 2 is 1.40 bits per heavy atom. The fraction of sp³-hybridized carbons (Fsp3) is 0.600. The lowest BCUT2D eigenvalue weighted by Gasteiger charge is -2.19. The first-order valence-electron chi connectivity index (χ1n) is 12.4. The Labute approximate surface area is 211 Å². The summed E-state index contributed by atoms with van der Waals surface area (Å²) in [6.45, 7) is 10.5. The SMILES string of the molecule is CCCc1nc(Cl)ncc1C(=O)OCC.CCCc1nc(N2CC3CC3C2)ncc1C(=O)OCC. The molecule has 3 heterocycles. The van der Waals surface area contributed by atoms with Gasteiger partial charge in [-0.25, -0.2) is 29.5 Å². The third kappa shape index (κ3) is 7.10. The Morgan fingerprint density at radius 1 is 0.886 bits per heavy atom. The summed E-state index contributed by atoms with van der Waals surface area (Å²) in [7, 11) is 0. The normalized spacial score (nSPS) is 17.8. The van der Waals surface area contributed by atoms with Gasteiger partial charge < -0.3 is 14.4 Å². The second kappa shape index (κ2) is 12.8. The smallest absolute Gasteiger partial charge is 0.341 e. The first kappa shape index (κ1) is 26.8. The minimum atomic E-state index is -0.391. The molecule has 35 heavy (non-hydrogen) atoms. The van der Waals surface area contributed by atoms with Gasteiger partial charge in [0.2, 0.25) is 11.2 Å². The molecule has 0 spiro atoms. The van der Waals surface area contributed by atoms with Crippen molar-refractivity contribution in [3.63, 3.8) is 0 Å². The molecule has 10 heteroatoms. The van der Waals surface area contributed by atoms with E-state index in [-0.39, 0.29) is 11.3 Å². The van der Waals surface area contributed by atoms with Gasteiger partial charge in [0.05, 0.1) is 35.7 Å². The van der Waals surface area contributed by atoms with Crippen LogP contribution in [-0.2, 0) is 22.3 Å². The van der Waals surface area contributed by atoms with Crippen LogP contribution >= 0.6 is 11.6 Å². The maximum absolute atomic E-state index is 11.9. The van der Waals surface area contributed by atoms with Gasteiger partial charge in [-0.3, -0.25) is 0 Å². The highest BCUT2D eigenvalue weighted by Crippen LogP contribution is 2.45. The fourth-order valence-electron chi connectivity index (χ4n) is 4.13. The molecule has 0 N–H and O–H groups in total. The standard InChI is InChI=1S/C15H21N3O2.C10H13ClN2O2/c1-3-5-13-12(14(19)20-4-2)7-16-15(17-13)18-8-10-6-11(10)9-18;1-3-5-8-7(9(14)15-4-2)6-12-10(11)13-8/h7,10-11H,3-6,8-9H2,1-2H3;6H,3-5H2,1-2H3. The lowest BCUT2D eigenvalue weighted by atomic mass is 10.1. The van der Waals surface area contributed by atoms with Gasteiger partial charge in [0.1, 0.15) is 0 Å². The number of carbonyl (C=O) groups is 2. The summed E-state index contributed by atoms with van der Waals surface area (Å²) in [5.41, 5.74) is 2.39. The van der Waals surface area contributed by atoms with Crippen molar-refractivity contribution >= 4 is 29.5 Å². The zero-order chi connectivity index (χ0) is 25.4. The highest BCUT2D eigenvalue weighted by molar-refractivity contribution is 6.28. The van der Waals surface area contributed by atoms with Crippen LogP contribution in [-0.4, -0.2) is 58.2 Å². The average Bonchev–Trinajstić information content (AvgIpc) is 3.45. The number of esters is 2. The van der Waals surface area contributed by atoms with Crippen LogP contribution in [0.4, 0.5) is 5.95 Å². The topological polar surface area (TPSA) is 107 Å². The molecule has 0 amide bonds. The zero-order valence-electron chi connectivity index (χ0n) is 20.9. The summed E-state index contributed by atoms with van der Waals surface area (Å²) in [5.74, 6) is 1.76. The predicted molar refractivity (Wildman–Crippen MR) is 133 cm³/mol. The molecule has 1 aliphatic carbocycles. The number of hydrogen-bond acceptors (Lipinski definition) is 9. The largest absolute Gasteiger partial charge is 0.462 e. The van der Waals surface area contributed by atoms with Crippen LogP contribution in [0.25, 0.3) is 0 Å². The Bertz CT molecular complexity index is 1020. The monoisotopic (exact) mass is 503 g/mol. The third-order valence-corrected chi connectivity index (χ3v) is 6.10. The summed E-state index contributed by atoms with van der Waals surface area (Å²) < 4.78 is 9.96. The van der Waals surface area contributed by atoms with Crippen molar-refractivity contribution in [2.75, 3.05) is 31.2 Å². The molecule has 1 aliphatic heterocycles. The summed E-state index contributed by atoms with van der Waals surface area (Å²) in [4.78, 5) is 42.5. The number of piperidine rings is 1. The predicted octanol–water partition coefficient (Wildman–Crippen LogP) is 4.32. The molecule has 190 valence electrons. The van der Waals surface area contributed by atoms with Crippen molar-refractivity contribution in [1.29, 1.82) is 0 Å². The van der Waals surface area contributed by atoms with Gasteiger partial charge in [-0.1, -0.05) is 26.7 Å². The lowest BCUT2D eigenvalue weighted by molar-refractivity contribution is 0.0514. The van der Waals surface area contributed by atoms with E-state index < -0.39 is 5.97 Å². The molecule has 2 fully saturated rings. The number of anilines is 1. The Kier molecular flexibility index (Phi) is 9.77. The molecule has 2 aromatic heterocycles. The van der Waals surface area contributed by atoms with Gasteiger partial charge in [-0.15, -0.1) is 0 Å². The zero-order valence-corrected chi connectivity index (χ0v) is 21.7. The van der Waals surface area contributed by atoms with Crippen molar-refractivity contribution < 1.29 is 19.1 Å². The Morgan fingerprint density at radius 3 is 1.91 bits per heavy atom. The summed E-state index contributed by atoms with van der Waals surface area (Å²) >= 11 is 5.66. The summed E-state index contributed by atoms with van der Waals surface area (Å²) in [6, 6.07) is 0. The molecule has 0 aromatic carbocycles. The fourth-order valence-corrected chi connectivity index (χ4v) is 4.28. The van der Waals surface area contributed by atoms with Gasteiger partial charge in [0.15, 0.2) is 0 Å². The van der Waals surface area contributed by atoms with Gasteiger partial charge >= 0.3 is 11.9 Å². The molecular weight excluding hydrogens is 470 g/mol. The van der Waals surface area contributed by atoms with Gasteiger partial charge in [-0.2, -0.15) is 0 Å². The quantitative estimate of drug-likeness (QED) is 0.365. The van der Waals surface area contributed by atoms with Crippen LogP contribution < -0.4 is 4.90 Å². The van der Waals surface area contributed by atoms with E-state index in [1.807, 2.05) is 13.8 Å². The molecule has 0 bridgehead atoms. The van der Waals surface area contributed by atoms with Crippen LogP contribution in [0.15, 0.2) is 12.4 Å². The highest BCUT2D eigenvalue weighted by Gasteiger charge is 2.45. The molecule has 2 atom stereocenters. The molecule has 1 saturated heterocycles. The van der Waals surface area contributed by atoms with E-state index in [4.69, 9.17) is 21.1 Å². The van der Waals surface area contributed by atoms with Gasteiger partial charge in [0, 0.05) is 25.5 Å². The summed E-state index contributed by atoms with van der Waals surface area (Å²) in [6.07, 6.45) is 7.72. The molecule has 4 rings (SSSR count). The number of aromatic nitrogens is 4. The van der Waals surface area contributed by atoms with Crippen LogP contribution in [0.5, 0.6) is 0 Å². The molecule has 9 nitrogen and oxygen atoms in total. The molecule has 2 aliphatic rings. The Balaban J connectivity index is 0.000000205. The minimum Gasteiger partial charge on any atom is -0.462 e. The number of carbonyl (C=O) groups excluding carboxylic acids is 2. The van der Waals surface area contributed by atoms with Crippen LogP contribution in [0.1, 0.15) is 79.1 Å². The molecule has 2 aromatic rings. The Hall–Kier alpha value is -2.81. The molecule has 2 unspecified atom stereocenters. The maximum Gasteiger partial charge on any atom is 0.341 e. The van der Waals surface area contributed by atoms with Crippen LogP contribution in [0.2, 0.25) is 5.28 Å². The van der Waals surface area contributed by atoms with Crippen molar-refractivity contribution in [3.05, 3.63) is 40.2 Å². The van der Waals surface area contributed by atoms with Crippen LogP contribution in [0.3, 0.4) is 0 Å². The van der Waals surface area contributed by atoms with Crippen molar-refractivity contribution in [1.82, 2.24) is 19.9 Å². The highest BCUT2D eigenvalue weighted by atomic mass is 35.5. The third-order valence-electron chi connectivity index (χ3n) is 5.92. The van der Waals surface area contributed by atoms with Crippen molar-refractivity contribution in [2.45, 2.75) is 59.8 Å². The number of fused-ring (bicyclic) bond motifs is 1. The lowest BCUT2D eigenvalue weighted by Crippen LogP contribution is -2.25. The van der Waals surface area contributed by atoms with E-state index in [0.29, 0.717) is 36.5 Å². The second-order valence-corrected chi connectivity index (χ2v) is 8.97. The van der Waals surface area contributed by atoms with Crippen molar-refractivity contribution in [3.8, 4) is 0 Å². The molecule has 1 saturated carbocycles.